The van der Waals surface area contributed by atoms with E-state index in [4.69, 9.17) is 0 Å². The van der Waals surface area contributed by atoms with Crippen LogP contribution in [0.2, 0.25) is 0 Å². The molecule has 0 saturated heterocycles. The zero-order valence-corrected chi connectivity index (χ0v) is 24.7. The maximum atomic E-state index is 3.69. The van der Waals surface area contributed by atoms with Gasteiger partial charge in [0.25, 0.3) is 5.82 Å². The second kappa shape index (κ2) is 23.6. The zero-order valence-electron chi connectivity index (χ0n) is 24.7. The summed E-state index contributed by atoms with van der Waals surface area (Å²) in [6.07, 6.45) is 38.3. The highest BCUT2D eigenvalue weighted by Gasteiger charge is 2.25. The summed E-state index contributed by atoms with van der Waals surface area (Å²) in [5.74, 6) is 2.23. The second-order valence-electron chi connectivity index (χ2n) is 11.5. The van der Waals surface area contributed by atoms with E-state index in [0.29, 0.717) is 12.0 Å². The van der Waals surface area contributed by atoms with Gasteiger partial charge in [0.2, 0.25) is 0 Å². The van der Waals surface area contributed by atoms with Crippen molar-refractivity contribution in [3.63, 3.8) is 0 Å². The molecule has 2 nitrogen and oxygen atoms in total. The van der Waals surface area contributed by atoms with Gasteiger partial charge in [0.1, 0.15) is 12.4 Å². The molecule has 0 radical (unpaired) electrons. The molecule has 206 valence electrons. The monoisotopic (exact) mass is 490 g/mol. The van der Waals surface area contributed by atoms with E-state index in [-0.39, 0.29) is 0 Å². The number of nitrogens with one attached hydrogen (secondary N) is 1. The van der Waals surface area contributed by atoms with Crippen molar-refractivity contribution >= 4 is 0 Å². The molecule has 0 saturated carbocycles. The van der Waals surface area contributed by atoms with Crippen molar-refractivity contribution < 1.29 is 4.57 Å². The molecule has 2 unspecified atom stereocenters. The van der Waals surface area contributed by atoms with E-state index in [9.17, 15) is 0 Å². The molecule has 0 spiro atoms. The Balaban J connectivity index is 2.36. The van der Waals surface area contributed by atoms with E-state index in [1.54, 1.807) is 0 Å². The lowest BCUT2D eigenvalue weighted by Crippen LogP contribution is -2.41. The molecule has 1 aromatic heterocycles. The minimum atomic E-state index is 0.623. The highest BCUT2D eigenvalue weighted by Crippen LogP contribution is 2.27. The highest BCUT2D eigenvalue weighted by atomic mass is 15.1. The molecule has 2 heteroatoms. The fourth-order valence-corrected chi connectivity index (χ4v) is 5.72. The van der Waals surface area contributed by atoms with Gasteiger partial charge in [-0.3, -0.25) is 0 Å². The van der Waals surface area contributed by atoms with Gasteiger partial charge in [0.05, 0.1) is 12.0 Å². The number of aromatic amines is 1. The van der Waals surface area contributed by atoms with Gasteiger partial charge >= 0.3 is 0 Å². The molecular formula is C33H65N2+. The van der Waals surface area contributed by atoms with E-state index >= 15 is 0 Å². The predicted molar refractivity (Wildman–Crippen MR) is 156 cm³/mol. The Hall–Kier alpha value is -0.790. The summed E-state index contributed by atoms with van der Waals surface area (Å²) in [5.41, 5.74) is 0. The average molecular weight is 490 g/mol. The normalized spacial score (nSPS) is 13.4. The van der Waals surface area contributed by atoms with E-state index in [1.807, 2.05) is 0 Å². The topological polar surface area (TPSA) is 19.7 Å². The van der Waals surface area contributed by atoms with Gasteiger partial charge < -0.3 is 0 Å². The van der Waals surface area contributed by atoms with Crippen LogP contribution in [0, 0.1) is 0 Å². The van der Waals surface area contributed by atoms with Gasteiger partial charge in [-0.15, -0.1) is 0 Å². The summed E-state index contributed by atoms with van der Waals surface area (Å²) < 4.78 is 2.60. The Morgan fingerprint density at radius 3 is 1.40 bits per heavy atom. The Morgan fingerprint density at radius 1 is 0.543 bits per heavy atom. The Kier molecular flexibility index (Phi) is 21.7. The van der Waals surface area contributed by atoms with E-state index in [1.165, 1.54) is 160 Å². The molecule has 35 heavy (non-hydrogen) atoms. The predicted octanol–water partition coefficient (Wildman–Crippen LogP) is 11.4. The summed E-state index contributed by atoms with van der Waals surface area (Å²) in [4.78, 5) is 3.69. The minimum absolute atomic E-state index is 0.623. The summed E-state index contributed by atoms with van der Waals surface area (Å²) in [6, 6.07) is 0.623. The molecule has 2 atom stereocenters. The van der Waals surface area contributed by atoms with Crippen molar-refractivity contribution in [1.29, 1.82) is 0 Å². The van der Waals surface area contributed by atoms with Gasteiger partial charge in [-0.1, -0.05) is 149 Å². The number of H-pyrrole nitrogens is 1. The van der Waals surface area contributed by atoms with Crippen molar-refractivity contribution in [2.45, 2.75) is 194 Å². The first-order valence-electron chi connectivity index (χ1n) is 16.3. The van der Waals surface area contributed by atoms with E-state index in [0.717, 1.165) is 0 Å². The molecule has 0 aliphatic rings. The first-order valence-corrected chi connectivity index (χ1v) is 16.3. The second-order valence-corrected chi connectivity index (χ2v) is 11.5. The summed E-state index contributed by atoms with van der Waals surface area (Å²) >= 11 is 0. The first kappa shape index (κ1) is 32.2. The van der Waals surface area contributed by atoms with Crippen LogP contribution in [0.3, 0.4) is 0 Å². The Bertz CT molecular complexity index is 549. The smallest absolute Gasteiger partial charge is 0.247 e. The quantitative estimate of drug-likeness (QED) is 0.0985. The van der Waals surface area contributed by atoms with Crippen molar-refractivity contribution in [2.24, 2.45) is 0 Å². The summed E-state index contributed by atoms with van der Waals surface area (Å²) in [7, 11) is 0. The van der Waals surface area contributed by atoms with Gasteiger partial charge in [-0.2, -0.15) is 0 Å². The fraction of sp³-hybridized carbons (Fsp3) is 0.909. The van der Waals surface area contributed by atoms with Crippen LogP contribution in [-0.4, -0.2) is 4.98 Å². The molecule has 0 amide bonds. The number of hydrogen-bond acceptors (Lipinski definition) is 0. The van der Waals surface area contributed by atoms with Crippen LogP contribution in [0.15, 0.2) is 12.4 Å². The van der Waals surface area contributed by atoms with Crippen LogP contribution in [0.4, 0.5) is 0 Å². The first-order chi connectivity index (χ1) is 17.2. The van der Waals surface area contributed by atoms with Crippen LogP contribution < -0.4 is 4.57 Å². The molecule has 0 aliphatic heterocycles. The summed E-state index contributed by atoms with van der Waals surface area (Å²) in [6.45, 7) is 9.39. The number of nitrogens with zero attached hydrogens (tertiary/aromatic N) is 1. The SMILES string of the molecule is CCCCCCCCCCCCCC(CCCCC)c1[nH]cc[n+]1C(C)CCCCCCCCC. The van der Waals surface area contributed by atoms with Gasteiger partial charge in [0, 0.05) is 0 Å². The van der Waals surface area contributed by atoms with Gasteiger partial charge in [-0.05, 0) is 32.6 Å². The van der Waals surface area contributed by atoms with Crippen molar-refractivity contribution in [1.82, 2.24) is 4.98 Å². The number of hydrogen-bond donors (Lipinski definition) is 1. The Labute approximate surface area is 221 Å². The van der Waals surface area contributed by atoms with Crippen molar-refractivity contribution in [3.8, 4) is 0 Å². The molecule has 1 rings (SSSR count). The van der Waals surface area contributed by atoms with Crippen LogP contribution >= 0.6 is 0 Å². The lowest BCUT2D eigenvalue weighted by atomic mass is 9.93. The third-order valence-corrected chi connectivity index (χ3v) is 8.14. The third-order valence-electron chi connectivity index (χ3n) is 8.14. The van der Waals surface area contributed by atoms with Crippen molar-refractivity contribution in [2.75, 3.05) is 0 Å². The molecule has 1 N–H and O–H groups in total. The fourth-order valence-electron chi connectivity index (χ4n) is 5.72. The number of imidazole rings is 1. The van der Waals surface area contributed by atoms with Crippen LogP contribution in [-0.2, 0) is 0 Å². The van der Waals surface area contributed by atoms with Crippen LogP contribution in [0.1, 0.15) is 200 Å². The van der Waals surface area contributed by atoms with Gasteiger partial charge in [-0.25, -0.2) is 9.55 Å². The molecule has 0 bridgehead atoms. The molecule has 0 fully saturated rings. The van der Waals surface area contributed by atoms with Gasteiger partial charge in [0.15, 0.2) is 0 Å². The zero-order chi connectivity index (χ0) is 25.4. The molecular weight excluding hydrogens is 424 g/mol. The standard InChI is InChI=1S/C33H64N2/c1-5-8-11-13-15-16-17-18-20-22-25-28-32(27-23-10-7-3)33-34-29-30-35(33)31(4)26-24-21-19-14-12-9-6-2/h29-32H,5-28H2,1-4H3/p+1. The molecule has 0 aromatic carbocycles. The third kappa shape index (κ3) is 16.6. The van der Waals surface area contributed by atoms with Crippen LogP contribution in [0.25, 0.3) is 0 Å². The average Bonchev–Trinajstić information content (AvgIpc) is 3.35. The maximum Gasteiger partial charge on any atom is 0.257 e. The number of unbranched alkanes of at least 4 members (excludes halogenated alkanes) is 18. The van der Waals surface area contributed by atoms with E-state index in [2.05, 4.69) is 49.6 Å². The molecule has 0 aliphatic carbocycles. The maximum absolute atomic E-state index is 3.69. The number of rotatable bonds is 26. The van der Waals surface area contributed by atoms with Crippen LogP contribution in [0.5, 0.6) is 0 Å². The molecule has 1 heterocycles. The lowest BCUT2D eigenvalue weighted by Gasteiger charge is -2.17. The molecule has 1 aromatic rings. The largest absolute Gasteiger partial charge is 0.257 e. The number of aromatic nitrogens is 2. The highest BCUT2D eigenvalue weighted by molar-refractivity contribution is 4.90. The Morgan fingerprint density at radius 2 is 0.914 bits per heavy atom. The van der Waals surface area contributed by atoms with Crippen molar-refractivity contribution in [3.05, 3.63) is 18.2 Å². The minimum Gasteiger partial charge on any atom is -0.247 e. The summed E-state index contributed by atoms with van der Waals surface area (Å²) in [5, 5.41) is 0. The van der Waals surface area contributed by atoms with E-state index < -0.39 is 0 Å². The lowest BCUT2D eigenvalue weighted by molar-refractivity contribution is -0.727.